The molecule has 0 spiro atoms. The molecule has 0 unspecified atom stereocenters. The quantitative estimate of drug-likeness (QED) is 0.486. The minimum atomic E-state index is 0. The Morgan fingerprint density at radius 3 is 0.385 bits per heavy atom. The maximum Gasteiger partial charge on any atom is 0 e. The van der Waals surface area contributed by atoms with Crippen LogP contribution in [0.15, 0.2) is 0 Å². The minimum Gasteiger partial charge on any atom is -0.0533 e. The normalized spacial score (nSPS) is 22.2. The predicted molar refractivity (Wildman–Crippen MR) is 61.2 cm³/mol. The Labute approximate surface area is 86.1 Å². The molecule has 0 amide bonds. The van der Waals surface area contributed by atoms with Crippen LogP contribution in [0.5, 0.6) is 0 Å². The number of hydrogen-bond donors (Lipinski definition) is 0. The van der Waals surface area contributed by atoms with E-state index < -0.39 is 0 Å². The Kier molecular flexibility index (Phi) is 10.2. The minimum absolute atomic E-state index is 0. The predicted octanol–water partition coefficient (Wildman–Crippen LogP) is 4.30. The summed E-state index contributed by atoms with van der Waals surface area (Å²) in [5.74, 6) is 0. The highest BCUT2D eigenvalue weighted by atomic mass is 14.0. The second kappa shape index (κ2) is 10.1. The molecule has 1 aliphatic carbocycles. The van der Waals surface area contributed by atoms with E-state index in [-0.39, 0.29) is 8.41 Å². The zero-order chi connectivity index (χ0) is 8.49. The van der Waals surface area contributed by atoms with E-state index >= 15 is 0 Å². The molecular weight excluding hydrogens is 155 g/mol. The van der Waals surface area contributed by atoms with Crippen molar-refractivity contribution in [2.45, 2.75) is 77.0 Å². The van der Waals surface area contributed by atoms with Crippen molar-refractivity contribution in [1.82, 2.24) is 0 Å². The molecule has 1 heteroatoms. The largest absolute Gasteiger partial charge is 0.0533 e. The van der Waals surface area contributed by atoms with Crippen LogP contribution in [0, 0.1) is 0 Å². The first-order valence-electron chi connectivity index (χ1n) is 6.00. The molecule has 0 bridgehead atoms. The monoisotopic (exact) mass is 179 g/mol. The van der Waals surface area contributed by atoms with Gasteiger partial charge in [-0.25, -0.2) is 0 Å². The second-order valence-electron chi connectivity index (χ2n) is 4.24. The summed E-state index contributed by atoms with van der Waals surface area (Å²) in [5.41, 5.74) is 0. The average molecular weight is 179 g/mol. The van der Waals surface area contributed by atoms with Crippen molar-refractivity contribution >= 4 is 8.41 Å². The third-order valence-corrected chi connectivity index (χ3v) is 3.00. The standard InChI is InChI=1S/C12H24.B/c1-2-4-6-8-10-12-11-9-7-5-3-1;/h1-12H2;. The fourth-order valence-corrected chi connectivity index (χ4v) is 2.12. The van der Waals surface area contributed by atoms with Crippen LogP contribution in [0.25, 0.3) is 0 Å². The van der Waals surface area contributed by atoms with Crippen molar-refractivity contribution < 1.29 is 0 Å². The van der Waals surface area contributed by atoms with Gasteiger partial charge in [-0.1, -0.05) is 77.0 Å². The van der Waals surface area contributed by atoms with Gasteiger partial charge in [-0.15, -0.1) is 0 Å². The van der Waals surface area contributed by atoms with Gasteiger partial charge in [0.15, 0.2) is 0 Å². The summed E-state index contributed by atoms with van der Waals surface area (Å²) in [6.07, 6.45) is 18.0. The van der Waals surface area contributed by atoms with Gasteiger partial charge in [0, 0.05) is 8.41 Å². The fourth-order valence-electron chi connectivity index (χ4n) is 2.12. The molecule has 1 rings (SSSR count). The summed E-state index contributed by atoms with van der Waals surface area (Å²) in [7, 11) is 0. The first-order valence-corrected chi connectivity index (χ1v) is 6.00. The van der Waals surface area contributed by atoms with Gasteiger partial charge in [0.1, 0.15) is 0 Å². The SMILES string of the molecule is C1CCCCCCCCCCC1.[B]. The molecule has 0 aromatic rings. The van der Waals surface area contributed by atoms with Gasteiger partial charge in [0.05, 0.1) is 0 Å². The molecule has 0 heterocycles. The third-order valence-electron chi connectivity index (χ3n) is 3.00. The molecule has 0 N–H and O–H groups in total. The molecule has 0 nitrogen and oxygen atoms in total. The Hall–Kier alpha value is 0.0649. The zero-order valence-electron chi connectivity index (χ0n) is 9.06. The summed E-state index contributed by atoms with van der Waals surface area (Å²) < 4.78 is 0. The van der Waals surface area contributed by atoms with Crippen molar-refractivity contribution in [2.75, 3.05) is 0 Å². The highest BCUT2D eigenvalue weighted by Gasteiger charge is 1.96. The van der Waals surface area contributed by atoms with Crippen LogP contribution in [0.3, 0.4) is 0 Å². The zero-order valence-corrected chi connectivity index (χ0v) is 9.06. The summed E-state index contributed by atoms with van der Waals surface area (Å²) in [4.78, 5) is 0. The van der Waals surface area contributed by atoms with Crippen LogP contribution in [0.4, 0.5) is 0 Å². The van der Waals surface area contributed by atoms with Gasteiger partial charge >= 0.3 is 0 Å². The summed E-state index contributed by atoms with van der Waals surface area (Å²) >= 11 is 0. The van der Waals surface area contributed by atoms with Gasteiger partial charge in [-0.3, -0.25) is 0 Å². The maximum absolute atomic E-state index is 1.50. The Bertz CT molecular complexity index is 48.1. The van der Waals surface area contributed by atoms with Crippen LogP contribution in [0.2, 0.25) is 0 Å². The van der Waals surface area contributed by atoms with Gasteiger partial charge in [0.25, 0.3) is 0 Å². The molecule has 13 heavy (non-hydrogen) atoms. The third kappa shape index (κ3) is 8.40. The molecule has 0 atom stereocenters. The first kappa shape index (κ1) is 13.1. The van der Waals surface area contributed by atoms with E-state index in [2.05, 4.69) is 0 Å². The van der Waals surface area contributed by atoms with Gasteiger partial charge < -0.3 is 0 Å². The molecule has 0 aromatic carbocycles. The van der Waals surface area contributed by atoms with E-state index in [0.29, 0.717) is 0 Å². The molecule has 1 saturated carbocycles. The Morgan fingerprint density at radius 2 is 0.308 bits per heavy atom. The molecule has 1 fully saturated rings. The Balaban J connectivity index is 0.00000144. The lowest BCUT2D eigenvalue weighted by Gasteiger charge is -2.05. The van der Waals surface area contributed by atoms with Crippen molar-refractivity contribution in [3.63, 3.8) is 0 Å². The highest BCUT2D eigenvalue weighted by molar-refractivity contribution is 5.75. The fraction of sp³-hybridized carbons (Fsp3) is 1.00. The van der Waals surface area contributed by atoms with Crippen LogP contribution in [-0.2, 0) is 0 Å². The molecule has 0 aromatic heterocycles. The molecule has 75 valence electrons. The summed E-state index contributed by atoms with van der Waals surface area (Å²) in [6.45, 7) is 0. The molecule has 0 aliphatic heterocycles. The van der Waals surface area contributed by atoms with E-state index in [1.165, 1.54) is 77.0 Å². The lowest BCUT2D eigenvalue weighted by atomic mass is 10.0. The van der Waals surface area contributed by atoms with E-state index in [1.807, 2.05) is 0 Å². The van der Waals surface area contributed by atoms with Crippen LogP contribution >= 0.6 is 0 Å². The summed E-state index contributed by atoms with van der Waals surface area (Å²) in [6, 6.07) is 0. The first-order chi connectivity index (χ1) is 6.00. The average Bonchev–Trinajstić information content (AvgIpc) is 2.05. The van der Waals surface area contributed by atoms with E-state index in [4.69, 9.17) is 0 Å². The lowest BCUT2D eigenvalue weighted by molar-refractivity contribution is 0.504. The molecule has 3 radical (unpaired) electrons. The van der Waals surface area contributed by atoms with E-state index in [0.717, 1.165) is 0 Å². The van der Waals surface area contributed by atoms with Gasteiger partial charge in [-0.05, 0) is 0 Å². The lowest BCUT2D eigenvalue weighted by Crippen LogP contribution is -1.85. The summed E-state index contributed by atoms with van der Waals surface area (Å²) in [5, 5.41) is 0. The molecule has 0 saturated heterocycles. The maximum atomic E-state index is 1.50. The van der Waals surface area contributed by atoms with Crippen LogP contribution in [-0.4, -0.2) is 8.41 Å². The number of rotatable bonds is 0. The van der Waals surface area contributed by atoms with Crippen molar-refractivity contribution in [2.24, 2.45) is 0 Å². The topological polar surface area (TPSA) is 0 Å². The van der Waals surface area contributed by atoms with Gasteiger partial charge in [-0.2, -0.15) is 0 Å². The van der Waals surface area contributed by atoms with Crippen molar-refractivity contribution in [1.29, 1.82) is 0 Å². The molecular formula is C12H24B. The van der Waals surface area contributed by atoms with Crippen molar-refractivity contribution in [3.05, 3.63) is 0 Å². The van der Waals surface area contributed by atoms with E-state index in [1.54, 1.807) is 0 Å². The van der Waals surface area contributed by atoms with Gasteiger partial charge in [0.2, 0.25) is 0 Å². The van der Waals surface area contributed by atoms with Crippen LogP contribution < -0.4 is 0 Å². The smallest absolute Gasteiger partial charge is 0 e. The van der Waals surface area contributed by atoms with Crippen LogP contribution in [0.1, 0.15) is 77.0 Å². The second-order valence-corrected chi connectivity index (χ2v) is 4.24. The van der Waals surface area contributed by atoms with Crippen molar-refractivity contribution in [3.8, 4) is 0 Å². The highest BCUT2D eigenvalue weighted by Crippen LogP contribution is 2.15. The number of hydrogen-bond acceptors (Lipinski definition) is 0. The Morgan fingerprint density at radius 1 is 0.231 bits per heavy atom. The molecule has 1 aliphatic rings. The van der Waals surface area contributed by atoms with E-state index in [9.17, 15) is 0 Å².